The third-order valence-corrected chi connectivity index (χ3v) is 2.18. The minimum Gasteiger partial charge on any atom is -0.457 e. The highest BCUT2D eigenvalue weighted by atomic mass is 16.5. The summed E-state index contributed by atoms with van der Waals surface area (Å²) in [5.74, 6) is 1.77. The number of carbonyl (C=O) groups is 2. The number of benzene rings is 1. The molecule has 5 nitrogen and oxygen atoms in total. The lowest BCUT2D eigenvalue weighted by atomic mass is 10.2. The molecule has 2 bridgehead atoms. The number of ether oxygens (including phenoxy) is 1. The van der Waals surface area contributed by atoms with Crippen molar-refractivity contribution in [3.8, 4) is 11.5 Å². The number of rotatable bonds is 1. The quantitative estimate of drug-likeness (QED) is 0.731. The molecule has 0 unspecified atom stereocenters. The Labute approximate surface area is 93.0 Å². The predicted octanol–water partition coefficient (Wildman–Crippen LogP) is 1.06. The van der Waals surface area contributed by atoms with Gasteiger partial charge in [0.15, 0.2) is 0 Å². The van der Waals surface area contributed by atoms with Gasteiger partial charge in [0, 0.05) is 19.4 Å². The molecule has 0 saturated carbocycles. The monoisotopic (exact) mass is 220 g/mol. The summed E-state index contributed by atoms with van der Waals surface area (Å²) in [5.41, 5.74) is 2.37. The third kappa shape index (κ3) is 2.31. The second kappa shape index (κ2) is 4.22. The van der Waals surface area contributed by atoms with Gasteiger partial charge in [-0.25, -0.2) is 0 Å². The van der Waals surface area contributed by atoms with Crippen LogP contribution in [0.2, 0.25) is 0 Å². The number of fused-ring (bicyclic) bond motifs is 2. The van der Waals surface area contributed by atoms with E-state index in [1.165, 1.54) is 11.9 Å². The van der Waals surface area contributed by atoms with Crippen LogP contribution in [0.3, 0.4) is 0 Å². The van der Waals surface area contributed by atoms with Gasteiger partial charge in [-0.05, 0) is 12.1 Å². The zero-order valence-electron chi connectivity index (χ0n) is 8.90. The smallest absolute Gasteiger partial charge is 0.242 e. The molecule has 3 aliphatic rings. The first-order valence-corrected chi connectivity index (χ1v) is 5.00. The van der Waals surface area contributed by atoms with Crippen molar-refractivity contribution < 1.29 is 14.3 Å². The molecule has 2 amide bonds. The molecule has 0 aromatic heterocycles. The predicted molar refractivity (Wildman–Crippen MR) is 56.7 cm³/mol. The van der Waals surface area contributed by atoms with Crippen molar-refractivity contribution in [2.45, 2.75) is 13.3 Å². The lowest BCUT2D eigenvalue weighted by Crippen LogP contribution is -2.53. The summed E-state index contributed by atoms with van der Waals surface area (Å²) < 4.78 is 5.01. The van der Waals surface area contributed by atoms with Gasteiger partial charge in [0.2, 0.25) is 11.8 Å². The van der Waals surface area contributed by atoms with Crippen LogP contribution in [0.5, 0.6) is 11.5 Å². The number of hydrogen-bond donors (Lipinski definition) is 1. The van der Waals surface area contributed by atoms with Gasteiger partial charge in [-0.15, -0.1) is 0 Å². The van der Waals surface area contributed by atoms with E-state index in [4.69, 9.17) is 4.74 Å². The Hall–Kier alpha value is -2.04. The van der Waals surface area contributed by atoms with Crippen molar-refractivity contribution in [3.05, 3.63) is 24.3 Å². The topological polar surface area (TPSA) is 58.6 Å². The lowest BCUT2D eigenvalue weighted by molar-refractivity contribution is -0.149. The summed E-state index contributed by atoms with van der Waals surface area (Å²) in [7, 11) is 0. The van der Waals surface area contributed by atoms with E-state index in [1.807, 2.05) is 24.3 Å². The highest BCUT2D eigenvalue weighted by Crippen LogP contribution is 2.32. The van der Waals surface area contributed by atoms with Crippen molar-refractivity contribution >= 4 is 11.8 Å². The summed E-state index contributed by atoms with van der Waals surface area (Å²) >= 11 is 0. The summed E-state index contributed by atoms with van der Waals surface area (Å²) in [6.45, 7) is 2.03. The Balaban J connectivity index is 0.000000123. The molecule has 0 aliphatic carbocycles. The Kier molecular flexibility index (Phi) is 2.76. The maximum Gasteiger partial charge on any atom is 0.242 e. The standard InChI is InChI=1S/C6H4O.C5H8N2O2/c1-2-5-4-6(3-1)7-5;1-4(8)6-7-3-2-5(7)9/h1-4H;2-3H2,1H3,(H,6,8). The number of β-lactam (4-membered cyclic amide) rings is 1. The molecule has 1 fully saturated rings. The van der Waals surface area contributed by atoms with Crippen LogP contribution in [0.4, 0.5) is 0 Å². The van der Waals surface area contributed by atoms with Crippen LogP contribution in [0.25, 0.3) is 0 Å². The molecule has 1 aromatic carbocycles. The average Bonchev–Trinajstić information content (AvgIpc) is 2.25. The van der Waals surface area contributed by atoms with Crippen molar-refractivity contribution in [2.75, 3.05) is 6.54 Å². The van der Waals surface area contributed by atoms with Crippen LogP contribution in [-0.4, -0.2) is 23.4 Å². The fraction of sp³-hybridized carbons (Fsp3) is 0.273. The Bertz CT molecular complexity index is 406. The second-order valence-corrected chi connectivity index (χ2v) is 3.54. The first-order chi connectivity index (χ1) is 7.65. The molecule has 16 heavy (non-hydrogen) atoms. The van der Waals surface area contributed by atoms with Crippen LogP contribution < -0.4 is 10.2 Å². The van der Waals surface area contributed by atoms with E-state index in [0.717, 1.165) is 11.5 Å². The van der Waals surface area contributed by atoms with E-state index in [1.54, 1.807) is 0 Å². The van der Waals surface area contributed by atoms with Crippen molar-refractivity contribution in [3.63, 3.8) is 0 Å². The fourth-order valence-corrected chi connectivity index (χ4v) is 1.30. The van der Waals surface area contributed by atoms with E-state index < -0.39 is 0 Å². The molecule has 4 rings (SSSR count). The van der Waals surface area contributed by atoms with Crippen molar-refractivity contribution in [1.82, 2.24) is 10.4 Å². The molecule has 1 N–H and O–H groups in total. The third-order valence-electron chi connectivity index (χ3n) is 2.18. The number of hydrazine groups is 1. The fourth-order valence-electron chi connectivity index (χ4n) is 1.30. The minimum absolute atomic E-state index is 0.00907. The van der Waals surface area contributed by atoms with Gasteiger partial charge in [0.05, 0.1) is 6.54 Å². The number of carbonyl (C=O) groups excluding carboxylic acids is 2. The first-order valence-electron chi connectivity index (χ1n) is 5.00. The molecule has 0 atom stereocenters. The van der Waals surface area contributed by atoms with Gasteiger partial charge >= 0.3 is 0 Å². The Morgan fingerprint density at radius 1 is 1.44 bits per heavy atom. The molecular weight excluding hydrogens is 208 g/mol. The number of nitrogens with zero attached hydrogens (tertiary/aromatic N) is 1. The number of amides is 2. The van der Waals surface area contributed by atoms with Crippen LogP contribution in [0.15, 0.2) is 24.3 Å². The van der Waals surface area contributed by atoms with E-state index in [0.29, 0.717) is 13.0 Å². The van der Waals surface area contributed by atoms with Crippen LogP contribution in [0.1, 0.15) is 13.3 Å². The largest absolute Gasteiger partial charge is 0.457 e. The van der Waals surface area contributed by atoms with E-state index in [9.17, 15) is 9.59 Å². The second-order valence-electron chi connectivity index (χ2n) is 3.54. The van der Waals surface area contributed by atoms with E-state index >= 15 is 0 Å². The highest BCUT2D eigenvalue weighted by molar-refractivity contribution is 5.84. The Morgan fingerprint density at radius 2 is 2.06 bits per heavy atom. The number of hydrogen-bond acceptors (Lipinski definition) is 3. The maximum absolute atomic E-state index is 10.5. The van der Waals surface area contributed by atoms with Gasteiger partial charge in [0.1, 0.15) is 11.5 Å². The minimum atomic E-state index is -0.192. The molecule has 5 heteroatoms. The van der Waals surface area contributed by atoms with E-state index in [2.05, 4.69) is 5.43 Å². The molecule has 3 heterocycles. The first kappa shape index (κ1) is 10.5. The van der Waals surface area contributed by atoms with Crippen LogP contribution in [0, 0.1) is 0 Å². The molecular formula is C11H12N2O3. The van der Waals surface area contributed by atoms with Crippen LogP contribution in [-0.2, 0) is 9.59 Å². The molecule has 0 radical (unpaired) electrons. The summed E-state index contributed by atoms with van der Waals surface area (Å²) in [6.07, 6.45) is 0.556. The van der Waals surface area contributed by atoms with E-state index in [-0.39, 0.29) is 11.8 Å². The van der Waals surface area contributed by atoms with Crippen molar-refractivity contribution in [2.24, 2.45) is 0 Å². The normalized spacial score (nSPS) is 14.8. The lowest BCUT2D eigenvalue weighted by Gasteiger charge is -2.29. The molecule has 3 aliphatic heterocycles. The maximum atomic E-state index is 10.5. The molecule has 84 valence electrons. The van der Waals surface area contributed by atoms with Crippen molar-refractivity contribution in [1.29, 1.82) is 0 Å². The SMILES string of the molecule is CC(=O)NN1CCC1=O.c1cc2cc(c1)O2. The number of nitrogens with one attached hydrogen (secondary N) is 1. The molecule has 1 saturated heterocycles. The van der Waals surface area contributed by atoms with Crippen LogP contribution >= 0.6 is 0 Å². The van der Waals surface area contributed by atoms with Gasteiger partial charge in [-0.3, -0.25) is 20.0 Å². The average molecular weight is 220 g/mol. The summed E-state index contributed by atoms with van der Waals surface area (Å²) in [6, 6.07) is 7.86. The molecule has 1 aromatic rings. The van der Waals surface area contributed by atoms with Gasteiger partial charge in [-0.1, -0.05) is 6.07 Å². The zero-order valence-corrected chi connectivity index (χ0v) is 8.90. The Morgan fingerprint density at radius 3 is 2.19 bits per heavy atom. The molecule has 0 spiro atoms. The van der Waals surface area contributed by atoms with Gasteiger partial charge < -0.3 is 4.74 Å². The summed E-state index contributed by atoms with van der Waals surface area (Å²) in [5, 5.41) is 1.31. The zero-order chi connectivity index (χ0) is 11.5. The highest BCUT2D eigenvalue weighted by Gasteiger charge is 2.23. The van der Waals surface area contributed by atoms with Gasteiger partial charge in [-0.2, -0.15) is 0 Å². The van der Waals surface area contributed by atoms with Gasteiger partial charge in [0.25, 0.3) is 0 Å². The summed E-state index contributed by atoms with van der Waals surface area (Å²) in [4.78, 5) is 20.8.